The number of ether oxygens (including phenoxy) is 2. The van der Waals surface area contributed by atoms with E-state index in [1.165, 1.54) is 0 Å². The van der Waals surface area contributed by atoms with Crippen LogP contribution in [0, 0.1) is 18.3 Å². The molecule has 0 aliphatic carbocycles. The number of rotatable bonds is 6. The first kappa shape index (κ1) is 15.0. The van der Waals surface area contributed by atoms with Gasteiger partial charge < -0.3 is 9.47 Å². The van der Waals surface area contributed by atoms with Crippen LogP contribution in [0.4, 0.5) is 0 Å². The molecule has 0 saturated heterocycles. The first-order chi connectivity index (χ1) is 8.65. The summed E-state index contributed by atoms with van der Waals surface area (Å²) in [6, 6.07) is 2.14. The van der Waals surface area contributed by atoms with Crippen molar-refractivity contribution in [3.8, 4) is 6.07 Å². The summed E-state index contributed by atoms with van der Waals surface area (Å²) < 4.78 is 10.2. The molecule has 18 heavy (non-hydrogen) atoms. The van der Waals surface area contributed by atoms with E-state index >= 15 is 0 Å². The quantitative estimate of drug-likeness (QED) is 0.488. The van der Waals surface area contributed by atoms with Gasteiger partial charge in [0.25, 0.3) is 0 Å². The third-order valence-electron chi connectivity index (χ3n) is 2.58. The average molecular weight is 266 g/mol. The van der Waals surface area contributed by atoms with Crippen molar-refractivity contribution in [2.75, 3.05) is 13.9 Å². The number of aryl methyl sites for hydroxylation is 2. The van der Waals surface area contributed by atoms with E-state index in [0.717, 1.165) is 29.8 Å². The highest BCUT2D eigenvalue weighted by Gasteiger charge is 2.15. The minimum Gasteiger partial charge on any atom is -0.359 e. The Hall–Kier alpha value is -1.09. The Bertz CT molecular complexity index is 455. The van der Waals surface area contributed by atoms with Crippen molar-refractivity contribution in [3.63, 3.8) is 0 Å². The summed E-state index contributed by atoms with van der Waals surface area (Å²) in [5, 5.41) is 9.11. The van der Waals surface area contributed by atoms with Gasteiger partial charge in [-0.25, -0.2) is 0 Å². The molecule has 0 saturated carbocycles. The second kappa shape index (κ2) is 7.37. The molecule has 4 nitrogen and oxygen atoms in total. The highest BCUT2D eigenvalue weighted by Crippen LogP contribution is 2.25. The minimum atomic E-state index is 0.217. The second-order valence-electron chi connectivity index (χ2n) is 3.96. The van der Waals surface area contributed by atoms with Gasteiger partial charge in [0.2, 0.25) is 0 Å². The fraction of sp³-hybridized carbons (Fsp3) is 0.538. The van der Waals surface area contributed by atoms with Gasteiger partial charge in [0.1, 0.15) is 12.9 Å². The van der Waals surface area contributed by atoms with Crippen LogP contribution in [0.1, 0.15) is 35.9 Å². The fourth-order valence-electron chi connectivity index (χ4n) is 1.74. The summed E-state index contributed by atoms with van der Waals surface area (Å²) in [5.74, 6) is 0. The van der Waals surface area contributed by atoms with Crippen molar-refractivity contribution in [3.05, 3.63) is 22.5 Å². The van der Waals surface area contributed by atoms with Crippen LogP contribution in [0.3, 0.4) is 0 Å². The normalized spacial score (nSPS) is 10.4. The summed E-state index contributed by atoms with van der Waals surface area (Å²) in [6.45, 7) is 4.50. The van der Waals surface area contributed by atoms with Crippen LogP contribution in [0.15, 0.2) is 4.90 Å². The van der Waals surface area contributed by atoms with Gasteiger partial charge in [-0.3, -0.25) is 4.98 Å². The molecule has 1 heterocycles. The van der Waals surface area contributed by atoms with E-state index in [9.17, 15) is 0 Å². The van der Waals surface area contributed by atoms with Gasteiger partial charge in [-0.2, -0.15) is 5.26 Å². The molecule has 1 aromatic rings. The zero-order valence-corrected chi connectivity index (χ0v) is 11.9. The average Bonchev–Trinajstić information content (AvgIpc) is 2.34. The number of nitriles is 1. The van der Waals surface area contributed by atoms with Crippen LogP contribution in [-0.4, -0.2) is 18.9 Å². The first-order valence-electron chi connectivity index (χ1n) is 5.83. The largest absolute Gasteiger partial charge is 0.359 e. The van der Waals surface area contributed by atoms with Crippen molar-refractivity contribution in [2.45, 2.75) is 38.2 Å². The third-order valence-corrected chi connectivity index (χ3v) is 3.08. The zero-order chi connectivity index (χ0) is 13.5. The van der Waals surface area contributed by atoms with Gasteiger partial charge in [-0.05, 0) is 13.3 Å². The highest BCUT2D eigenvalue weighted by atomic mass is 32.1. The lowest BCUT2D eigenvalue weighted by atomic mass is 10.1. The number of methoxy groups -OCH3 is 1. The van der Waals surface area contributed by atoms with E-state index < -0.39 is 0 Å². The van der Waals surface area contributed by atoms with Crippen LogP contribution in [0.5, 0.6) is 0 Å². The summed E-state index contributed by atoms with van der Waals surface area (Å²) in [4.78, 5) is 5.15. The van der Waals surface area contributed by atoms with E-state index in [4.69, 9.17) is 14.7 Å². The molecule has 98 valence electrons. The van der Waals surface area contributed by atoms with Crippen LogP contribution in [0.2, 0.25) is 0 Å². The number of aromatic nitrogens is 1. The van der Waals surface area contributed by atoms with Crippen LogP contribution in [0.25, 0.3) is 0 Å². The summed E-state index contributed by atoms with van der Waals surface area (Å²) in [5.41, 5.74) is 3.09. The molecule has 0 aliphatic rings. The van der Waals surface area contributed by atoms with Gasteiger partial charge in [0.05, 0.1) is 17.9 Å². The maximum atomic E-state index is 9.11. The zero-order valence-electron chi connectivity index (χ0n) is 11.0. The van der Waals surface area contributed by atoms with Gasteiger partial charge in [-0.15, -0.1) is 12.6 Å². The van der Waals surface area contributed by atoms with Crippen molar-refractivity contribution in [1.82, 2.24) is 4.98 Å². The lowest BCUT2D eigenvalue weighted by Gasteiger charge is -2.14. The SMILES string of the molecule is CCCc1nc(C)c(C#N)c(S)c1COCOC. The molecule has 0 N–H and O–H groups in total. The van der Waals surface area contributed by atoms with Crippen molar-refractivity contribution in [2.24, 2.45) is 0 Å². The molecular formula is C13H18N2O2S. The fourth-order valence-corrected chi connectivity index (χ4v) is 2.15. The molecular weight excluding hydrogens is 248 g/mol. The molecule has 1 aromatic heterocycles. The molecule has 5 heteroatoms. The Morgan fingerprint density at radius 2 is 2.17 bits per heavy atom. The molecule has 0 atom stereocenters. The van der Waals surface area contributed by atoms with E-state index in [0.29, 0.717) is 17.1 Å². The molecule has 0 fully saturated rings. The lowest BCUT2D eigenvalue weighted by molar-refractivity contribution is -0.0399. The van der Waals surface area contributed by atoms with Gasteiger partial charge in [0, 0.05) is 23.3 Å². The first-order valence-corrected chi connectivity index (χ1v) is 6.28. The summed E-state index contributed by atoms with van der Waals surface area (Å²) in [7, 11) is 1.57. The molecule has 1 rings (SSSR count). The predicted molar refractivity (Wildman–Crippen MR) is 71.6 cm³/mol. The van der Waals surface area contributed by atoms with Crippen molar-refractivity contribution < 1.29 is 9.47 Å². The Balaban J connectivity index is 3.13. The minimum absolute atomic E-state index is 0.217. The van der Waals surface area contributed by atoms with Crippen molar-refractivity contribution >= 4 is 12.6 Å². The molecule has 0 aliphatic heterocycles. The number of hydrogen-bond donors (Lipinski definition) is 1. The van der Waals surface area contributed by atoms with Gasteiger partial charge >= 0.3 is 0 Å². The molecule has 0 amide bonds. The lowest BCUT2D eigenvalue weighted by Crippen LogP contribution is -2.07. The van der Waals surface area contributed by atoms with Gasteiger partial charge in [0.15, 0.2) is 0 Å². The Labute approximate surface area is 113 Å². The van der Waals surface area contributed by atoms with E-state index in [-0.39, 0.29) is 6.79 Å². The van der Waals surface area contributed by atoms with Crippen molar-refractivity contribution in [1.29, 1.82) is 5.26 Å². The van der Waals surface area contributed by atoms with Crippen LogP contribution in [-0.2, 0) is 22.5 Å². The number of nitrogens with zero attached hydrogens (tertiary/aromatic N) is 2. The molecule has 0 radical (unpaired) electrons. The smallest absolute Gasteiger partial charge is 0.146 e. The van der Waals surface area contributed by atoms with E-state index in [1.807, 2.05) is 6.92 Å². The third kappa shape index (κ3) is 3.45. The molecule has 0 bridgehead atoms. The van der Waals surface area contributed by atoms with E-state index in [1.54, 1.807) is 7.11 Å². The monoisotopic (exact) mass is 266 g/mol. The number of hydrogen-bond acceptors (Lipinski definition) is 5. The standard InChI is InChI=1S/C13H18N2O2S/c1-4-5-12-11(7-17-8-16-3)13(18)10(6-14)9(2)15-12/h4-5,7-8H2,1-3H3,(H,15,18). The Morgan fingerprint density at radius 3 is 2.72 bits per heavy atom. The predicted octanol–water partition coefficient (Wildman–Crippen LogP) is 2.62. The highest BCUT2D eigenvalue weighted by molar-refractivity contribution is 7.80. The number of pyridine rings is 1. The maximum Gasteiger partial charge on any atom is 0.146 e. The summed E-state index contributed by atoms with van der Waals surface area (Å²) >= 11 is 4.44. The van der Waals surface area contributed by atoms with Crippen LogP contribution < -0.4 is 0 Å². The van der Waals surface area contributed by atoms with E-state index in [2.05, 4.69) is 30.6 Å². The van der Waals surface area contributed by atoms with Gasteiger partial charge in [-0.1, -0.05) is 13.3 Å². The molecule has 0 aromatic carbocycles. The maximum absolute atomic E-state index is 9.11. The number of thiol groups is 1. The Kier molecular flexibility index (Phi) is 6.13. The Morgan fingerprint density at radius 1 is 1.44 bits per heavy atom. The molecule has 0 spiro atoms. The summed E-state index contributed by atoms with van der Waals surface area (Å²) in [6.07, 6.45) is 1.84. The van der Waals surface area contributed by atoms with Crippen LogP contribution >= 0.6 is 12.6 Å². The molecule has 0 unspecified atom stereocenters. The topological polar surface area (TPSA) is 55.1 Å². The second-order valence-corrected chi connectivity index (χ2v) is 4.41.